The van der Waals surface area contributed by atoms with Crippen molar-refractivity contribution >= 4 is 22.1 Å². The summed E-state index contributed by atoms with van der Waals surface area (Å²) in [5, 5.41) is 12.7. The zero-order valence-electron chi connectivity index (χ0n) is 8.33. The van der Waals surface area contributed by atoms with Gasteiger partial charge < -0.3 is 14.9 Å². The van der Waals surface area contributed by atoms with Gasteiger partial charge in [-0.2, -0.15) is 9.38 Å². The van der Waals surface area contributed by atoms with Crippen molar-refractivity contribution in [2.45, 2.75) is 12.8 Å². The van der Waals surface area contributed by atoms with Gasteiger partial charge in [-0.1, -0.05) is 11.3 Å². The van der Waals surface area contributed by atoms with Crippen LogP contribution < -0.4 is 4.74 Å². The second kappa shape index (κ2) is 3.44. The van der Waals surface area contributed by atoms with Crippen LogP contribution in [0.1, 0.15) is 12.8 Å². The molecule has 0 radical (unpaired) electrons. The van der Waals surface area contributed by atoms with Crippen LogP contribution in [-0.4, -0.2) is 20.9 Å². The number of nitro groups is 1. The van der Waals surface area contributed by atoms with Gasteiger partial charge in [0.15, 0.2) is 0 Å². The van der Waals surface area contributed by atoms with E-state index in [1.165, 1.54) is 15.7 Å². The molecule has 7 heteroatoms. The third-order valence-electron chi connectivity index (χ3n) is 2.53. The van der Waals surface area contributed by atoms with Crippen LogP contribution in [0.2, 0.25) is 0 Å². The predicted octanol–water partition coefficient (Wildman–Crippen LogP) is 2.09. The fourth-order valence-corrected chi connectivity index (χ4v) is 2.20. The summed E-state index contributed by atoms with van der Waals surface area (Å²) in [6, 6.07) is 0. The van der Waals surface area contributed by atoms with Crippen molar-refractivity contribution in [3.8, 4) is 5.88 Å². The summed E-state index contributed by atoms with van der Waals surface area (Å²) >= 11 is 1.36. The van der Waals surface area contributed by atoms with Crippen LogP contribution in [0.3, 0.4) is 0 Å². The molecule has 16 heavy (non-hydrogen) atoms. The molecule has 0 saturated heterocycles. The Labute approximate surface area is 94.6 Å². The summed E-state index contributed by atoms with van der Waals surface area (Å²) < 4.78 is 6.85. The molecule has 0 atom stereocenters. The molecule has 84 valence electrons. The molecule has 0 unspecified atom stereocenters. The number of hydrogen-bond acceptors (Lipinski definition) is 5. The Kier molecular flexibility index (Phi) is 2.06. The van der Waals surface area contributed by atoms with E-state index in [9.17, 15) is 10.1 Å². The highest BCUT2D eigenvalue weighted by atomic mass is 32.1. The number of thiazole rings is 1. The first-order valence-electron chi connectivity index (χ1n) is 4.98. The van der Waals surface area contributed by atoms with Gasteiger partial charge in [0, 0.05) is 5.38 Å². The standard InChI is InChI=1S/C9H9N3O3S/c13-12(14)8-7(15-5-6-1-2-6)10-9-11(8)3-4-16-9/h3-4,6H,1-2,5H2. The van der Waals surface area contributed by atoms with Crippen LogP contribution in [0.25, 0.3) is 4.96 Å². The molecule has 6 nitrogen and oxygen atoms in total. The summed E-state index contributed by atoms with van der Waals surface area (Å²) in [5.74, 6) is 0.625. The van der Waals surface area contributed by atoms with Crippen molar-refractivity contribution in [1.82, 2.24) is 9.38 Å². The summed E-state index contributed by atoms with van der Waals surface area (Å²) in [7, 11) is 0. The van der Waals surface area contributed by atoms with Gasteiger partial charge >= 0.3 is 11.7 Å². The number of nitrogens with zero attached hydrogens (tertiary/aromatic N) is 3. The smallest absolute Gasteiger partial charge is 0.393 e. The Balaban J connectivity index is 1.96. The van der Waals surface area contributed by atoms with E-state index in [0.29, 0.717) is 17.5 Å². The van der Waals surface area contributed by atoms with Gasteiger partial charge in [-0.15, -0.1) is 0 Å². The van der Waals surface area contributed by atoms with Gasteiger partial charge in [-0.05, 0) is 23.7 Å². The third kappa shape index (κ3) is 1.53. The molecule has 0 aliphatic heterocycles. The minimum atomic E-state index is -0.449. The summed E-state index contributed by atoms with van der Waals surface area (Å²) in [4.78, 5) is 15.2. The zero-order valence-corrected chi connectivity index (χ0v) is 9.14. The molecule has 2 heterocycles. The van der Waals surface area contributed by atoms with E-state index < -0.39 is 4.92 Å². The van der Waals surface area contributed by atoms with Crippen molar-refractivity contribution in [3.63, 3.8) is 0 Å². The predicted molar refractivity (Wildman–Crippen MR) is 57.9 cm³/mol. The van der Waals surface area contributed by atoms with E-state index in [1.807, 2.05) is 0 Å². The van der Waals surface area contributed by atoms with E-state index in [0.717, 1.165) is 12.8 Å². The van der Waals surface area contributed by atoms with Gasteiger partial charge in [0.1, 0.15) is 6.20 Å². The first kappa shape index (κ1) is 9.59. The highest BCUT2D eigenvalue weighted by Gasteiger charge is 2.28. The minimum Gasteiger partial charge on any atom is -0.471 e. The molecule has 3 rings (SSSR count). The molecule has 0 amide bonds. The monoisotopic (exact) mass is 239 g/mol. The number of fused-ring (bicyclic) bond motifs is 1. The lowest BCUT2D eigenvalue weighted by molar-refractivity contribution is -0.391. The Hall–Kier alpha value is -1.63. The number of imidazole rings is 1. The first-order valence-corrected chi connectivity index (χ1v) is 5.86. The zero-order chi connectivity index (χ0) is 11.1. The second-order valence-electron chi connectivity index (χ2n) is 3.81. The van der Waals surface area contributed by atoms with E-state index in [4.69, 9.17) is 4.74 Å². The number of aromatic nitrogens is 2. The molecule has 2 aromatic rings. The van der Waals surface area contributed by atoms with Crippen molar-refractivity contribution in [1.29, 1.82) is 0 Å². The molecular formula is C9H9N3O3S. The van der Waals surface area contributed by atoms with Gasteiger partial charge in [-0.3, -0.25) is 0 Å². The van der Waals surface area contributed by atoms with Crippen molar-refractivity contribution in [3.05, 3.63) is 21.7 Å². The number of hydrogen-bond donors (Lipinski definition) is 0. The minimum absolute atomic E-state index is 0.0723. The van der Waals surface area contributed by atoms with Crippen molar-refractivity contribution in [2.24, 2.45) is 5.92 Å². The summed E-state index contributed by atoms with van der Waals surface area (Å²) in [5.41, 5.74) is 0. The topological polar surface area (TPSA) is 69.7 Å². The molecule has 1 aliphatic carbocycles. The molecule has 0 spiro atoms. The number of ether oxygens (including phenoxy) is 1. The van der Waals surface area contributed by atoms with Crippen LogP contribution in [-0.2, 0) is 0 Å². The lowest BCUT2D eigenvalue weighted by Gasteiger charge is -2.00. The lowest BCUT2D eigenvalue weighted by Crippen LogP contribution is -2.02. The van der Waals surface area contributed by atoms with Gasteiger partial charge in [-0.25, -0.2) is 0 Å². The average molecular weight is 239 g/mol. The van der Waals surface area contributed by atoms with E-state index in [1.54, 1.807) is 11.6 Å². The van der Waals surface area contributed by atoms with E-state index in [-0.39, 0.29) is 11.7 Å². The Morgan fingerprint density at radius 1 is 1.69 bits per heavy atom. The summed E-state index contributed by atoms with van der Waals surface area (Å²) in [6.45, 7) is 0.533. The van der Waals surface area contributed by atoms with E-state index >= 15 is 0 Å². The lowest BCUT2D eigenvalue weighted by atomic mass is 10.5. The maximum atomic E-state index is 10.9. The van der Waals surface area contributed by atoms with Gasteiger partial charge in [0.25, 0.3) is 4.96 Å². The van der Waals surface area contributed by atoms with Gasteiger partial charge in [0.2, 0.25) is 0 Å². The largest absolute Gasteiger partial charge is 0.471 e. The molecule has 2 aromatic heterocycles. The molecule has 1 aliphatic rings. The van der Waals surface area contributed by atoms with Crippen LogP contribution in [0.4, 0.5) is 5.82 Å². The van der Waals surface area contributed by atoms with E-state index in [2.05, 4.69) is 4.98 Å². The Bertz CT molecular complexity index is 543. The normalized spacial score (nSPS) is 15.5. The molecule has 1 fully saturated rings. The molecule has 0 bridgehead atoms. The fourth-order valence-electron chi connectivity index (χ4n) is 1.50. The Morgan fingerprint density at radius 2 is 2.50 bits per heavy atom. The SMILES string of the molecule is O=[N+]([O-])c1c(OCC2CC2)nc2sccn12. The van der Waals surface area contributed by atoms with Crippen LogP contribution in [0, 0.1) is 16.0 Å². The van der Waals surface area contributed by atoms with Crippen molar-refractivity contribution < 1.29 is 9.66 Å². The maximum Gasteiger partial charge on any atom is 0.393 e. The molecular weight excluding hydrogens is 230 g/mol. The highest BCUT2D eigenvalue weighted by molar-refractivity contribution is 7.15. The quantitative estimate of drug-likeness (QED) is 0.605. The second-order valence-corrected chi connectivity index (χ2v) is 4.68. The first-order chi connectivity index (χ1) is 7.75. The van der Waals surface area contributed by atoms with Crippen LogP contribution in [0.15, 0.2) is 11.6 Å². The van der Waals surface area contributed by atoms with Crippen molar-refractivity contribution in [2.75, 3.05) is 6.61 Å². The fraction of sp³-hybridized carbons (Fsp3) is 0.444. The van der Waals surface area contributed by atoms with Crippen LogP contribution in [0.5, 0.6) is 5.88 Å². The third-order valence-corrected chi connectivity index (χ3v) is 3.29. The molecule has 0 N–H and O–H groups in total. The van der Waals surface area contributed by atoms with Gasteiger partial charge in [0.05, 0.1) is 6.61 Å². The molecule has 1 saturated carbocycles. The number of rotatable bonds is 4. The Morgan fingerprint density at radius 3 is 3.19 bits per heavy atom. The average Bonchev–Trinajstić information content (AvgIpc) is 2.83. The molecule has 0 aromatic carbocycles. The maximum absolute atomic E-state index is 10.9. The summed E-state index contributed by atoms with van der Waals surface area (Å²) in [6.07, 6.45) is 3.93. The van der Waals surface area contributed by atoms with Crippen LogP contribution >= 0.6 is 11.3 Å². The highest BCUT2D eigenvalue weighted by Crippen LogP contribution is 2.33.